The Hall–Kier alpha value is 0.160. The number of piperidine rings is 1. The molecular weight excluding hydrogens is 274 g/mol. The Morgan fingerprint density at radius 3 is 2.56 bits per heavy atom. The number of halogens is 1. The first-order valence-corrected chi connectivity index (χ1v) is 9.17. The SMILES string of the molecule is CCN1CCC2(CC1)OCC1CC12CS(=O)(=O)Cl. The zero-order valence-electron chi connectivity index (χ0n) is 10.7. The van der Waals surface area contributed by atoms with Gasteiger partial charge in [0.1, 0.15) is 0 Å². The molecule has 0 bridgehead atoms. The van der Waals surface area contributed by atoms with Crippen molar-refractivity contribution >= 4 is 19.7 Å². The van der Waals surface area contributed by atoms with Gasteiger partial charge in [0, 0.05) is 29.2 Å². The smallest absolute Gasteiger partial charge is 0.233 e. The normalized spacial score (nSPS) is 38.9. The zero-order chi connectivity index (χ0) is 13.0. The lowest BCUT2D eigenvalue weighted by Crippen LogP contribution is -2.51. The molecule has 1 spiro atoms. The van der Waals surface area contributed by atoms with E-state index < -0.39 is 9.05 Å². The highest BCUT2D eigenvalue weighted by atomic mass is 35.7. The van der Waals surface area contributed by atoms with E-state index in [-0.39, 0.29) is 16.8 Å². The minimum Gasteiger partial charge on any atom is -0.374 e. The highest BCUT2D eigenvalue weighted by Crippen LogP contribution is 2.69. The van der Waals surface area contributed by atoms with Crippen molar-refractivity contribution in [1.82, 2.24) is 4.90 Å². The molecule has 0 N–H and O–H groups in total. The molecule has 3 fully saturated rings. The van der Waals surface area contributed by atoms with Gasteiger partial charge in [0.15, 0.2) is 0 Å². The molecule has 2 saturated heterocycles. The average molecular weight is 294 g/mol. The molecule has 3 aliphatic rings. The highest BCUT2D eigenvalue weighted by molar-refractivity contribution is 8.13. The molecule has 6 heteroatoms. The summed E-state index contributed by atoms with van der Waals surface area (Å²) >= 11 is 0. The Morgan fingerprint density at radius 1 is 1.39 bits per heavy atom. The minimum atomic E-state index is -3.44. The van der Waals surface area contributed by atoms with E-state index in [1.54, 1.807) is 0 Å². The first-order chi connectivity index (χ1) is 8.41. The third kappa shape index (κ3) is 1.90. The van der Waals surface area contributed by atoms with Crippen molar-refractivity contribution in [3.63, 3.8) is 0 Å². The average Bonchev–Trinajstić information content (AvgIpc) is 2.93. The van der Waals surface area contributed by atoms with Gasteiger partial charge in [-0.25, -0.2) is 8.42 Å². The van der Waals surface area contributed by atoms with Crippen LogP contribution >= 0.6 is 10.7 Å². The Bertz CT molecular complexity index is 444. The van der Waals surface area contributed by atoms with Gasteiger partial charge in [0.25, 0.3) is 0 Å². The van der Waals surface area contributed by atoms with Gasteiger partial charge in [-0.2, -0.15) is 0 Å². The Labute approximate surface area is 113 Å². The van der Waals surface area contributed by atoms with Gasteiger partial charge in [-0.3, -0.25) is 0 Å². The summed E-state index contributed by atoms with van der Waals surface area (Å²) in [7, 11) is 2.05. The Balaban J connectivity index is 1.80. The van der Waals surface area contributed by atoms with E-state index in [4.69, 9.17) is 15.4 Å². The van der Waals surface area contributed by atoms with Crippen molar-refractivity contribution in [3.8, 4) is 0 Å². The molecule has 4 nitrogen and oxygen atoms in total. The largest absolute Gasteiger partial charge is 0.374 e. The van der Waals surface area contributed by atoms with Gasteiger partial charge in [-0.05, 0) is 31.7 Å². The lowest BCUT2D eigenvalue weighted by atomic mass is 9.77. The van der Waals surface area contributed by atoms with Crippen LogP contribution in [0.1, 0.15) is 26.2 Å². The van der Waals surface area contributed by atoms with Gasteiger partial charge in [-0.15, -0.1) is 0 Å². The molecule has 0 aromatic heterocycles. The number of ether oxygens (including phenoxy) is 1. The van der Waals surface area contributed by atoms with Crippen LogP contribution < -0.4 is 0 Å². The maximum atomic E-state index is 11.5. The van der Waals surface area contributed by atoms with Crippen LogP contribution in [0.5, 0.6) is 0 Å². The maximum Gasteiger partial charge on any atom is 0.233 e. The van der Waals surface area contributed by atoms with E-state index >= 15 is 0 Å². The van der Waals surface area contributed by atoms with Crippen LogP contribution in [0.3, 0.4) is 0 Å². The number of hydrogen-bond donors (Lipinski definition) is 0. The number of nitrogens with zero attached hydrogens (tertiary/aromatic N) is 1. The molecule has 0 amide bonds. The summed E-state index contributed by atoms with van der Waals surface area (Å²) in [6.45, 7) is 5.95. The third-order valence-corrected chi connectivity index (χ3v) is 6.43. The second-order valence-corrected chi connectivity index (χ2v) is 8.76. The lowest BCUT2D eigenvalue weighted by Gasteiger charge is -2.44. The van der Waals surface area contributed by atoms with Crippen LogP contribution in [0.25, 0.3) is 0 Å². The van der Waals surface area contributed by atoms with Crippen LogP contribution in [-0.2, 0) is 13.8 Å². The summed E-state index contributed by atoms with van der Waals surface area (Å²) in [5.74, 6) is 0.512. The molecule has 0 aromatic carbocycles. The molecule has 2 aliphatic heterocycles. The Kier molecular flexibility index (Phi) is 2.98. The second-order valence-electron chi connectivity index (χ2n) is 5.98. The summed E-state index contributed by atoms with van der Waals surface area (Å²) in [5.41, 5.74) is -0.390. The van der Waals surface area contributed by atoms with Gasteiger partial charge in [-0.1, -0.05) is 6.92 Å². The molecule has 3 rings (SSSR count). The fourth-order valence-electron chi connectivity index (χ4n) is 4.05. The fraction of sp³-hybridized carbons (Fsp3) is 1.00. The van der Waals surface area contributed by atoms with E-state index in [0.717, 1.165) is 45.5 Å². The summed E-state index contributed by atoms with van der Waals surface area (Å²) < 4.78 is 29.0. The second kappa shape index (κ2) is 4.08. The standard InChI is InChI=1S/C12H20ClNO3S/c1-2-14-5-3-12(4-6-14)11(9-18(13,15)16)7-10(11)8-17-12/h10H,2-9H2,1H3. The van der Waals surface area contributed by atoms with E-state index in [9.17, 15) is 8.42 Å². The molecule has 0 aromatic rings. The van der Waals surface area contributed by atoms with Crippen molar-refractivity contribution in [2.24, 2.45) is 11.3 Å². The summed E-state index contributed by atoms with van der Waals surface area (Å²) in [5, 5.41) is 0. The summed E-state index contributed by atoms with van der Waals surface area (Å²) in [6, 6.07) is 0. The summed E-state index contributed by atoms with van der Waals surface area (Å²) in [6.07, 6.45) is 2.87. The maximum absolute atomic E-state index is 11.5. The zero-order valence-corrected chi connectivity index (χ0v) is 12.3. The van der Waals surface area contributed by atoms with Gasteiger partial charge in [0.2, 0.25) is 9.05 Å². The first-order valence-electron chi connectivity index (χ1n) is 6.69. The number of rotatable bonds is 3. The molecule has 104 valence electrons. The first kappa shape index (κ1) is 13.2. The number of likely N-dealkylation sites (tertiary alicyclic amines) is 1. The van der Waals surface area contributed by atoms with Crippen molar-refractivity contribution in [3.05, 3.63) is 0 Å². The number of hydrogen-bond acceptors (Lipinski definition) is 4. The van der Waals surface area contributed by atoms with Crippen molar-refractivity contribution in [2.45, 2.75) is 31.8 Å². The van der Waals surface area contributed by atoms with Crippen molar-refractivity contribution in [2.75, 3.05) is 32.0 Å². The fourth-order valence-corrected chi connectivity index (χ4v) is 5.87. The van der Waals surface area contributed by atoms with Gasteiger partial charge >= 0.3 is 0 Å². The van der Waals surface area contributed by atoms with E-state index in [1.165, 1.54) is 0 Å². The lowest BCUT2D eigenvalue weighted by molar-refractivity contribution is -0.0879. The van der Waals surface area contributed by atoms with E-state index in [2.05, 4.69) is 11.8 Å². The molecule has 2 atom stereocenters. The molecule has 0 radical (unpaired) electrons. The number of fused-ring (bicyclic) bond motifs is 2. The quantitative estimate of drug-likeness (QED) is 0.739. The van der Waals surface area contributed by atoms with Crippen LogP contribution in [0.2, 0.25) is 0 Å². The molecule has 1 aliphatic carbocycles. The van der Waals surface area contributed by atoms with Crippen molar-refractivity contribution in [1.29, 1.82) is 0 Å². The molecule has 18 heavy (non-hydrogen) atoms. The van der Waals surface area contributed by atoms with Crippen LogP contribution in [0.15, 0.2) is 0 Å². The van der Waals surface area contributed by atoms with Crippen LogP contribution in [0.4, 0.5) is 0 Å². The molecule has 1 saturated carbocycles. The monoisotopic (exact) mass is 293 g/mol. The summed E-state index contributed by atoms with van der Waals surface area (Å²) in [4.78, 5) is 2.40. The van der Waals surface area contributed by atoms with Crippen LogP contribution in [0, 0.1) is 11.3 Å². The van der Waals surface area contributed by atoms with Gasteiger partial charge in [0.05, 0.1) is 18.0 Å². The molecular formula is C12H20ClNO3S. The van der Waals surface area contributed by atoms with Gasteiger partial charge < -0.3 is 9.64 Å². The predicted octanol–water partition coefficient (Wildman–Crippen LogP) is 1.45. The predicted molar refractivity (Wildman–Crippen MR) is 70.2 cm³/mol. The third-order valence-electron chi connectivity index (χ3n) is 5.24. The van der Waals surface area contributed by atoms with E-state index in [1.807, 2.05) is 0 Å². The van der Waals surface area contributed by atoms with Crippen molar-refractivity contribution < 1.29 is 13.2 Å². The molecule has 2 heterocycles. The molecule has 2 unspecified atom stereocenters. The highest BCUT2D eigenvalue weighted by Gasteiger charge is 2.72. The minimum absolute atomic E-state index is 0.0956. The van der Waals surface area contributed by atoms with E-state index in [0.29, 0.717) is 5.92 Å². The Morgan fingerprint density at radius 2 is 2.06 bits per heavy atom. The van der Waals surface area contributed by atoms with Crippen LogP contribution in [-0.4, -0.2) is 50.9 Å². The topological polar surface area (TPSA) is 46.6 Å².